The van der Waals surface area contributed by atoms with Crippen LogP contribution >= 0.6 is 22.9 Å². The van der Waals surface area contributed by atoms with E-state index in [0.29, 0.717) is 17.3 Å². The number of amides is 1. The van der Waals surface area contributed by atoms with Gasteiger partial charge in [-0.3, -0.25) is 14.5 Å². The van der Waals surface area contributed by atoms with Crippen LogP contribution in [0.4, 0.5) is 0 Å². The molecule has 188 valence electrons. The lowest BCUT2D eigenvalue weighted by Gasteiger charge is -2.25. The highest BCUT2D eigenvalue weighted by Crippen LogP contribution is 2.38. The van der Waals surface area contributed by atoms with Crippen LogP contribution in [0, 0.1) is 20.8 Å². The van der Waals surface area contributed by atoms with Gasteiger partial charge in [-0.15, -0.1) is 21.5 Å². The molecule has 3 aromatic rings. The molecular weight excluding hydrogens is 496 g/mol. The molecule has 1 amide bonds. The number of aromatic nitrogens is 3. The maximum Gasteiger partial charge on any atom is 0.387 e. The Morgan fingerprint density at radius 1 is 1.19 bits per heavy atom. The number of aliphatic imine (C=N–C) groups is 1. The molecule has 0 radical (unpaired) electrons. The van der Waals surface area contributed by atoms with Gasteiger partial charge >= 0.3 is 5.91 Å². The lowest BCUT2D eigenvalue weighted by molar-refractivity contribution is -0.416. The van der Waals surface area contributed by atoms with Crippen LogP contribution in [0.15, 0.2) is 29.3 Å². The third kappa shape index (κ3) is 4.80. The van der Waals surface area contributed by atoms with E-state index >= 15 is 0 Å². The van der Waals surface area contributed by atoms with Crippen molar-refractivity contribution in [1.82, 2.24) is 19.7 Å². The SMILES string of the molecule is Cc1sc2c(c1C)C(c1ccc(Cl)cc1)=NC(C=[N+](C)C(=O)CCN1CCOCC1)c1nnc(C)n1-2. The molecule has 0 bridgehead atoms. The first-order chi connectivity index (χ1) is 17.3. The Morgan fingerprint density at radius 3 is 2.64 bits per heavy atom. The molecule has 1 saturated heterocycles. The zero-order valence-corrected chi connectivity index (χ0v) is 22.6. The standard InChI is InChI=1S/C26H30ClN6O2S/c1-16-17(2)36-26-23(16)24(19-5-7-20(27)8-6-19)28-21(25-30-29-18(3)33(25)26)15-31(4)22(34)9-10-32-11-13-35-14-12-32/h5-8,15,21H,9-14H2,1-4H3/q+1. The molecular formula is C26H30ClN6O2S+. The fourth-order valence-electron chi connectivity index (χ4n) is 4.60. The fourth-order valence-corrected chi connectivity index (χ4v) is 5.94. The molecule has 0 aliphatic carbocycles. The first kappa shape index (κ1) is 25.0. The molecule has 0 saturated carbocycles. The molecule has 2 aliphatic heterocycles. The van der Waals surface area contributed by atoms with Crippen molar-refractivity contribution in [3.63, 3.8) is 0 Å². The predicted molar refractivity (Wildman–Crippen MR) is 142 cm³/mol. The fraction of sp³-hybridized carbons (Fsp3) is 0.423. The zero-order chi connectivity index (χ0) is 25.4. The highest BCUT2D eigenvalue weighted by atomic mass is 35.5. The molecule has 8 nitrogen and oxygen atoms in total. The Labute approximate surface area is 219 Å². The second-order valence-electron chi connectivity index (χ2n) is 9.19. The summed E-state index contributed by atoms with van der Waals surface area (Å²) in [6.45, 7) is 10.1. The molecule has 2 aliphatic rings. The van der Waals surface area contributed by atoms with Crippen molar-refractivity contribution in [3.8, 4) is 5.00 Å². The van der Waals surface area contributed by atoms with Crippen molar-refractivity contribution in [1.29, 1.82) is 0 Å². The van der Waals surface area contributed by atoms with Gasteiger partial charge in [-0.25, -0.2) is 4.79 Å². The molecule has 2 aromatic heterocycles. The number of carbonyl (C=O) groups excluding carboxylic acids is 1. The van der Waals surface area contributed by atoms with Crippen molar-refractivity contribution in [2.24, 2.45) is 4.99 Å². The lowest BCUT2D eigenvalue weighted by atomic mass is 10.00. The second kappa shape index (κ2) is 10.3. The number of nitrogens with zero attached hydrogens (tertiary/aromatic N) is 6. The lowest BCUT2D eigenvalue weighted by Crippen LogP contribution is -2.38. The van der Waals surface area contributed by atoms with Crippen molar-refractivity contribution >= 4 is 40.8 Å². The number of aryl methyl sites for hydroxylation is 2. The summed E-state index contributed by atoms with van der Waals surface area (Å²) in [6.07, 6.45) is 2.29. The maximum atomic E-state index is 13.1. The Bertz CT molecular complexity index is 1350. The van der Waals surface area contributed by atoms with Crippen LogP contribution in [-0.2, 0) is 9.53 Å². The van der Waals surface area contributed by atoms with Crippen LogP contribution in [0.1, 0.15) is 45.7 Å². The third-order valence-corrected chi connectivity index (χ3v) is 8.26. The van der Waals surface area contributed by atoms with Crippen LogP contribution in [0.25, 0.3) is 5.00 Å². The Morgan fingerprint density at radius 2 is 1.92 bits per heavy atom. The molecule has 4 heterocycles. The summed E-state index contributed by atoms with van der Waals surface area (Å²) < 4.78 is 9.15. The number of fused-ring (bicyclic) bond motifs is 3. The van der Waals surface area contributed by atoms with Gasteiger partial charge in [0.25, 0.3) is 0 Å². The Balaban J connectivity index is 1.56. The summed E-state index contributed by atoms with van der Waals surface area (Å²) in [5.41, 5.74) is 4.08. The molecule has 1 unspecified atom stereocenters. The number of morpholine rings is 1. The van der Waals surface area contributed by atoms with Gasteiger partial charge in [0.15, 0.2) is 18.1 Å². The number of rotatable bonds is 5. The summed E-state index contributed by atoms with van der Waals surface area (Å²) >= 11 is 7.90. The average molecular weight is 526 g/mol. The minimum Gasteiger partial charge on any atom is -0.379 e. The van der Waals surface area contributed by atoms with E-state index in [4.69, 9.17) is 21.3 Å². The van der Waals surface area contributed by atoms with Crippen molar-refractivity contribution in [3.05, 3.63) is 62.5 Å². The first-order valence-electron chi connectivity index (χ1n) is 12.1. The number of carbonyl (C=O) groups is 1. The van der Waals surface area contributed by atoms with Gasteiger partial charge < -0.3 is 4.74 Å². The molecule has 5 rings (SSSR count). The van der Waals surface area contributed by atoms with Gasteiger partial charge in [-0.1, -0.05) is 23.7 Å². The third-order valence-electron chi connectivity index (χ3n) is 6.81. The maximum absolute atomic E-state index is 13.1. The number of benzene rings is 1. The Kier molecular flexibility index (Phi) is 7.16. The van der Waals surface area contributed by atoms with Gasteiger partial charge in [0.2, 0.25) is 0 Å². The van der Waals surface area contributed by atoms with E-state index in [1.807, 2.05) is 37.4 Å². The van der Waals surface area contributed by atoms with Gasteiger partial charge in [0, 0.05) is 40.7 Å². The largest absolute Gasteiger partial charge is 0.387 e. The van der Waals surface area contributed by atoms with E-state index in [2.05, 4.69) is 33.5 Å². The van der Waals surface area contributed by atoms with Gasteiger partial charge in [-0.2, -0.15) is 4.58 Å². The topological polar surface area (TPSA) is 75.6 Å². The molecule has 1 fully saturated rings. The van der Waals surface area contributed by atoms with Gasteiger partial charge in [-0.05, 0) is 38.5 Å². The zero-order valence-electron chi connectivity index (χ0n) is 21.0. The molecule has 1 atom stereocenters. The second-order valence-corrected chi connectivity index (χ2v) is 10.8. The van der Waals surface area contributed by atoms with E-state index in [1.165, 1.54) is 10.4 Å². The molecule has 36 heavy (non-hydrogen) atoms. The van der Waals surface area contributed by atoms with Crippen molar-refractivity contribution in [2.75, 3.05) is 39.9 Å². The van der Waals surface area contributed by atoms with E-state index in [1.54, 1.807) is 23.0 Å². The Hall–Kier alpha value is -2.72. The number of halogens is 1. The summed E-state index contributed by atoms with van der Waals surface area (Å²) in [6, 6.07) is 7.26. The van der Waals surface area contributed by atoms with Crippen LogP contribution in [0.5, 0.6) is 0 Å². The first-order valence-corrected chi connectivity index (χ1v) is 13.3. The average Bonchev–Trinajstić information content (AvgIpc) is 3.35. The number of hydrogen-bond donors (Lipinski definition) is 0. The number of ether oxygens (including phenoxy) is 1. The smallest absolute Gasteiger partial charge is 0.379 e. The monoisotopic (exact) mass is 525 g/mol. The molecule has 0 N–H and O–H groups in total. The summed E-state index contributed by atoms with van der Waals surface area (Å²) in [5, 5.41) is 10.6. The van der Waals surface area contributed by atoms with Crippen LogP contribution in [0.2, 0.25) is 5.02 Å². The quantitative estimate of drug-likeness (QED) is 0.374. The highest BCUT2D eigenvalue weighted by molar-refractivity contribution is 7.15. The molecule has 1 aromatic carbocycles. The summed E-state index contributed by atoms with van der Waals surface area (Å²) in [4.78, 5) is 21.7. The van der Waals surface area contributed by atoms with Crippen molar-refractivity contribution in [2.45, 2.75) is 33.2 Å². The summed E-state index contributed by atoms with van der Waals surface area (Å²) in [5.74, 6) is 1.53. The van der Waals surface area contributed by atoms with Crippen LogP contribution < -0.4 is 0 Å². The van der Waals surface area contributed by atoms with E-state index in [0.717, 1.165) is 60.5 Å². The van der Waals surface area contributed by atoms with Crippen molar-refractivity contribution < 1.29 is 14.1 Å². The highest BCUT2D eigenvalue weighted by Gasteiger charge is 2.32. The molecule has 0 spiro atoms. The number of thiophene rings is 1. The number of hydrogen-bond acceptors (Lipinski definition) is 7. The van der Waals surface area contributed by atoms with E-state index < -0.39 is 6.04 Å². The molecule has 10 heteroatoms. The van der Waals surface area contributed by atoms with E-state index in [9.17, 15) is 4.79 Å². The summed E-state index contributed by atoms with van der Waals surface area (Å²) in [7, 11) is 1.79. The van der Waals surface area contributed by atoms with Crippen LogP contribution in [0.3, 0.4) is 0 Å². The van der Waals surface area contributed by atoms with Gasteiger partial charge in [0.1, 0.15) is 17.9 Å². The normalized spacial score (nSPS) is 18.4. The minimum absolute atomic E-state index is 0.0403. The van der Waals surface area contributed by atoms with Gasteiger partial charge in [0.05, 0.1) is 25.3 Å². The van der Waals surface area contributed by atoms with E-state index in [-0.39, 0.29) is 5.91 Å². The predicted octanol–water partition coefficient (Wildman–Crippen LogP) is 3.76. The van der Waals surface area contributed by atoms with Crippen LogP contribution in [-0.4, -0.2) is 82.0 Å². The minimum atomic E-state index is -0.478.